The summed E-state index contributed by atoms with van der Waals surface area (Å²) in [5, 5.41) is 19.9. The average molecular weight is 609 g/mol. The molecule has 2 aliphatic heterocycles. The number of piperazine rings is 1. The quantitative estimate of drug-likeness (QED) is 0.381. The zero-order valence-electron chi connectivity index (χ0n) is 25.9. The standard InChI is InChI=1S/C36H49FN2O5/c37-32-22-27(44-23-35-36(41)34(40)13-20-43-35)8-12-33(32)39-17-15-38(16-18-39)14-2-19-42-26-7-11-29-25(21-26)6-10-30-28-4-1-3-24(28)5-9-31(29)30/h7-8,11-12,21-22,24,28,30-31,34-36,40-41H,1-6,9-10,13-20,23H2. The maximum Gasteiger partial charge on any atom is 0.150 e. The van der Waals surface area contributed by atoms with E-state index in [1.807, 2.05) is 0 Å². The Morgan fingerprint density at radius 1 is 0.864 bits per heavy atom. The SMILES string of the molecule is OC1CCOC(COc2ccc(N3CCN(CCCOc4ccc5c(c4)CCC4C5CCC5CCCC54)CC3)c(F)c2)C1O. The molecule has 7 rings (SSSR count). The highest BCUT2D eigenvalue weighted by molar-refractivity contribution is 5.51. The molecule has 7 unspecified atom stereocenters. The minimum Gasteiger partial charge on any atom is -0.494 e. The lowest BCUT2D eigenvalue weighted by Crippen LogP contribution is -2.47. The molecule has 4 fully saturated rings. The number of aryl methyl sites for hydroxylation is 1. The Balaban J connectivity index is 0.831. The summed E-state index contributed by atoms with van der Waals surface area (Å²) in [6, 6.07) is 11.8. The summed E-state index contributed by atoms with van der Waals surface area (Å²) < 4.78 is 32.4. The largest absolute Gasteiger partial charge is 0.494 e. The van der Waals surface area contributed by atoms with E-state index < -0.39 is 18.3 Å². The molecule has 0 aromatic heterocycles. The summed E-state index contributed by atoms with van der Waals surface area (Å²) >= 11 is 0. The van der Waals surface area contributed by atoms with Crippen LogP contribution in [0.5, 0.6) is 11.5 Å². The fourth-order valence-electron chi connectivity index (χ4n) is 8.97. The van der Waals surface area contributed by atoms with Gasteiger partial charge in [-0.15, -0.1) is 0 Å². The van der Waals surface area contributed by atoms with Gasteiger partial charge in [0.15, 0.2) is 0 Å². The Kier molecular flexibility index (Phi) is 9.31. The second-order valence-corrected chi connectivity index (χ2v) is 13.8. The van der Waals surface area contributed by atoms with Crippen molar-refractivity contribution in [2.45, 2.75) is 82.0 Å². The van der Waals surface area contributed by atoms with Gasteiger partial charge in [0.1, 0.15) is 36.1 Å². The molecule has 0 radical (unpaired) electrons. The van der Waals surface area contributed by atoms with Crippen LogP contribution in [0.2, 0.25) is 0 Å². The second-order valence-electron chi connectivity index (χ2n) is 13.8. The van der Waals surface area contributed by atoms with E-state index in [1.54, 1.807) is 17.7 Å². The molecule has 0 amide bonds. The van der Waals surface area contributed by atoms with Gasteiger partial charge in [0.25, 0.3) is 0 Å². The Bertz CT molecular complexity index is 1270. The van der Waals surface area contributed by atoms with Gasteiger partial charge < -0.3 is 29.3 Å². The molecule has 3 aliphatic carbocycles. The minimum atomic E-state index is -0.997. The number of rotatable bonds is 9. The van der Waals surface area contributed by atoms with E-state index in [0.717, 1.165) is 68.6 Å². The summed E-state index contributed by atoms with van der Waals surface area (Å²) in [6.45, 7) is 5.44. The lowest BCUT2D eigenvalue weighted by atomic mass is 9.61. The van der Waals surface area contributed by atoms with Gasteiger partial charge in [-0.2, -0.15) is 0 Å². The number of ether oxygens (including phenoxy) is 3. The molecule has 2 aromatic carbocycles. The van der Waals surface area contributed by atoms with Crippen LogP contribution in [0.3, 0.4) is 0 Å². The smallest absolute Gasteiger partial charge is 0.150 e. The molecular formula is C36H49FN2O5. The number of benzene rings is 2. The number of anilines is 1. The molecule has 44 heavy (non-hydrogen) atoms. The molecule has 0 spiro atoms. The van der Waals surface area contributed by atoms with Crippen LogP contribution in [-0.4, -0.2) is 86.0 Å². The van der Waals surface area contributed by atoms with Gasteiger partial charge in [0.2, 0.25) is 0 Å². The van der Waals surface area contributed by atoms with Crippen molar-refractivity contribution in [2.75, 3.05) is 57.4 Å². The van der Waals surface area contributed by atoms with Crippen LogP contribution in [0.4, 0.5) is 10.1 Å². The first-order valence-electron chi connectivity index (χ1n) is 17.2. The van der Waals surface area contributed by atoms with Crippen molar-refractivity contribution in [3.8, 4) is 11.5 Å². The highest BCUT2D eigenvalue weighted by Gasteiger charge is 2.44. The van der Waals surface area contributed by atoms with Crippen molar-refractivity contribution in [3.63, 3.8) is 0 Å². The van der Waals surface area contributed by atoms with E-state index in [9.17, 15) is 10.2 Å². The predicted molar refractivity (Wildman–Crippen MR) is 168 cm³/mol. The molecule has 2 heterocycles. The Labute approximate surface area is 261 Å². The van der Waals surface area contributed by atoms with E-state index in [-0.39, 0.29) is 12.4 Å². The number of nitrogens with zero attached hydrogens (tertiary/aromatic N) is 2. The van der Waals surface area contributed by atoms with E-state index in [0.29, 0.717) is 31.1 Å². The van der Waals surface area contributed by atoms with E-state index in [4.69, 9.17) is 14.2 Å². The lowest BCUT2D eigenvalue weighted by molar-refractivity contribution is -0.144. The van der Waals surface area contributed by atoms with E-state index >= 15 is 4.39 Å². The van der Waals surface area contributed by atoms with Crippen molar-refractivity contribution in [3.05, 3.63) is 53.3 Å². The fraction of sp³-hybridized carbons (Fsp3) is 0.667. The second kappa shape index (κ2) is 13.5. The molecular weight excluding hydrogens is 559 g/mol. The summed E-state index contributed by atoms with van der Waals surface area (Å²) in [7, 11) is 0. The molecule has 2 saturated carbocycles. The normalized spacial score (nSPS) is 32.1. The van der Waals surface area contributed by atoms with Crippen molar-refractivity contribution >= 4 is 5.69 Å². The van der Waals surface area contributed by atoms with Crippen molar-refractivity contribution in [1.29, 1.82) is 0 Å². The molecule has 2 saturated heterocycles. The summed E-state index contributed by atoms with van der Waals surface area (Å²) in [5.74, 6) is 4.78. The summed E-state index contributed by atoms with van der Waals surface area (Å²) in [5.41, 5.74) is 3.73. The Morgan fingerprint density at radius 3 is 2.57 bits per heavy atom. The zero-order chi connectivity index (χ0) is 30.0. The van der Waals surface area contributed by atoms with Crippen molar-refractivity contribution in [1.82, 2.24) is 4.90 Å². The first kappa shape index (κ1) is 30.3. The van der Waals surface area contributed by atoms with Crippen molar-refractivity contribution in [2.24, 2.45) is 17.8 Å². The Morgan fingerprint density at radius 2 is 1.70 bits per heavy atom. The highest BCUT2D eigenvalue weighted by Crippen LogP contribution is 2.55. The van der Waals surface area contributed by atoms with Crippen LogP contribution in [0, 0.1) is 23.6 Å². The van der Waals surface area contributed by atoms with Crippen LogP contribution in [-0.2, 0) is 11.2 Å². The third-order valence-corrected chi connectivity index (χ3v) is 11.3. The number of hydrogen-bond donors (Lipinski definition) is 2. The maximum atomic E-state index is 15.0. The Hall–Kier alpha value is -2.39. The minimum absolute atomic E-state index is 0.0630. The summed E-state index contributed by atoms with van der Waals surface area (Å²) in [4.78, 5) is 4.53. The molecule has 7 atom stereocenters. The predicted octanol–water partition coefficient (Wildman–Crippen LogP) is 5.16. The van der Waals surface area contributed by atoms with Gasteiger partial charge >= 0.3 is 0 Å². The van der Waals surface area contributed by atoms with Crippen LogP contribution < -0.4 is 14.4 Å². The van der Waals surface area contributed by atoms with E-state index in [1.165, 1.54) is 56.6 Å². The fourth-order valence-corrected chi connectivity index (χ4v) is 8.97. The van der Waals surface area contributed by atoms with Crippen molar-refractivity contribution < 1.29 is 28.8 Å². The number of hydrogen-bond acceptors (Lipinski definition) is 7. The molecule has 0 bridgehead atoms. The molecule has 5 aliphatic rings. The van der Waals surface area contributed by atoms with Gasteiger partial charge in [0.05, 0.1) is 18.4 Å². The van der Waals surface area contributed by atoms with Crippen LogP contribution in [0.1, 0.15) is 68.4 Å². The van der Waals surface area contributed by atoms with Gasteiger partial charge in [-0.25, -0.2) is 4.39 Å². The van der Waals surface area contributed by atoms with Gasteiger partial charge in [-0.05, 0) is 104 Å². The topological polar surface area (TPSA) is 74.6 Å². The lowest BCUT2D eigenvalue weighted by Gasteiger charge is -2.44. The molecule has 2 aromatic rings. The first-order chi connectivity index (χ1) is 21.5. The number of halogens is 1. The van der Waals surface area contributed by atoms with E-state index in [2.05, 4.69) is 28.0 Å². The molecule has 8 heteroatoms. The monoisotopic (exact) mass is 608 g/mol. The maximum absolute atomic E-state index is 15.0. The number of aliphatic hydroxyl groups is 2. The van der Waals surface area contributed by atoms with Crippen LogP contribution in [0.15, 0.2) is 36.4 Å². The van der Waals surface area contributed by atoms with Gasteiger partial charge in [0, 0.05) is 45.4 Å². The van der Waals surface area contributed by atoms with Gasteiger partial charge in [-0.1, -0.05) is 18.9 Å². The highest BCUT2D eigenvalue weighted by atomic mass is 19.1. The number of fused-ring (bicyclic) bond motifs is 5. The van der Waals surface area contributed by atoms with Crippen LogP contribution in [0.25, 0.3) is 0 Å². The third kappa shape index (κ3) is 6.46. The third-order valence-electron chi connectivity index (χ3n) is 11.3. The zero-order valence-corrected chi connectivity index (χ0v) is 25.9. The average Bonchev–Trinajstić information content (AvgIpc) is 3.54. The number of aliphatic hydroxyl groups excluding tert-OH is 2. The molecule has 7 nitrogen and oxygen atoms in total. The van der Waals surface area contributed by atoms with Crippen LogP contribution >= 0.6 is 0 Å². The molecule has 240 valence electrons. The summed E-state index contributed by atoms with van der Waals surface area (Å²) in [6.07, 6.45) is 8.72. The molecule has 2 N–H and O–H groups in total. The first-order valence-corrected chi connectivity index (χ1v) is 17.2. The van der Waals surface area contributed by atoms with Gasteiger partial charge in [-0.3, -0.25) is 4.90 Å².